The van der Waals surface area contributed by atoms with Crippen molar-refractivity contribution < 1.29 is 19.4 Å². The number of nitrogens with one attached hydrogen (secondary N) is 1. The Morgan fingerprint density at radius 3 is 2.72 bits per heavy atom. The lowest BCUT2D eigenvalue weighted by atomic mass is 10.2. The van der Waals surface area contributed by atoms with Crippen molar-refractivity contribution in [3.63, 3.8) is 0 Å². The van der Waals surface area contributed by atoms with Gasteiger partial charge in [-0.05, 0) is 6.07 Å². The summed E-state index contributed by atoms with van der Waals surface area (Å²) in [4.78, 5) is 30.0. The molecule has 0 aliphatic heterocycles. The fourth-order valence-corrected chi connectivity index (χ4v) is 1.14. The number of amides is 1. The second kappa shape index (κ2) is 7.00. The molecule has 0 saturated carbocycles. The van der Waals surface area contributed by atoms with E-state index in [1.807, 2.05) is 0 Å². The van der Waals surface area contributed by atoms with Crippen molar-refractivity contribution in [3.8, 4) is 0 Å². The molecule has 1 aromatic rings. The normalized spacial score (nSPS) is 11.3. The first-order valence-corrected chi connectivity index (χ1v) is 5.16. The van der Waals surface area contributed by atoms with Gasteiger partial charge in [-0.3, -0.25) is 0 Å². The fourth-order valence-electron chi connectivity index (χ4n) is 1.14. The van der Waals surface area contributed by atoms with Crippen molar-refractivity contribution >= 4 is 12.1 Å². The number of ether oxygens (including phenoxy) is 1. The summed E-state index contributed by atoms with van der Waals surface area (Å²) >= 11 is 0. The molecule has 0 saturated heterocycles. The first kappa shape index (κ1) is 13.6. The Morgan fingerprint density at radius 2 is 2.17 bits per heavy atom. The van der Waals surface area contributed by atoms with E-state index >= 15 is 0 Å². The van der Waals surface area contributed by atoms with Gasteiger partial charge < -0.3 is 15.2 Å². The SMILES string of the molecule is C=CCOC(=O)N[C@@H](Cc1ncccn1)C(=O)O. The number of aliphatic carboxylic acids is 1. The number of hydrogen-bond donors (Lipinski definition) is 2. The van der Waals surface area contributed by atoms with Crippen LogP contribution in [0.25, 0.3) is 0 Å². The molecule has 7 nitrogen and oxygen atoms in total. The van der Waals surface area contributed by atoms with Gasteiger partial charge in [0.25, 0.3) is 0 Å². The molecule has 0 unspecified atom stereocenters. The van der Waals surface area contributed by atoms with E-state index in [-0.39, 0.29) is 13.0 Å². The summed E-state index contributed by atoms with van der Waals surface area (Å²) in [6.07, 6.45) is 3.54. The summed E-state index contributed by atoms with van der Waals surface area (Å²) in [5, 5.41) is 11.2. The molecule has 0 fully saturated rings. The maximum atomic E-state index is 11.2. The van der Waals surface area contributed by atoms with Gasteiger partial charge in [0, 0.05) is 18.8 Å². The molecule has 0 spiro atoms. The second-order valence-corrected chi connectivity index (χ2v) is 3.29. The van der Waals surface area contributed by atoms with E-state index in [1.165, 1.54) is 18.5 Å². The number of rotatable bonds is 6. The number of carbonyl (C=O) groups excluding carboxylic acids is 1. The highest BCUT2D eigenvalue weighted by Crippen LogP contribution is 1.97. The van der Waals surface area contributed by atoms with Crippen molar-refractivity contribution in [1.82, 2.24) is 15.3 Å². The number of carboxylic acids is 1. The van der Waals surface area contributed by atoms with Gasteiger partial charge >= 0.3 is 12.1 Å². The van der Waals surface area contributed by atoms with Gasteiger partial charge in [0.2, 0.25) is 0 Å². The van der Waals surface area contributed by atoms with Crippen molar-refractivity contribution in [1.29, 1.82) is 0 Å². The first-order chi connectivity index (χ1) is 8.63. The quantitative estimate of drug-likeness (QED) is 0.709. The highest BCUT2D eigenvalue weighted by atomic mass is 16.5. The zero-order valence-corrected chi connectivity index (χ0v) is 9.57. The minimum absolute atomic E-state index is 0.0139. The van der Waals surface area contributed by atoms with Crippen LogP contribution in [-0.4, -0.2) is 39.8 Å². The lowest BCUT2D eigenvalue weighted by Gasteiger charge is -2.13. The summed E-state index contributed by atoms with van der Waals surface area (Å²) in [6, 6.07) is 0.482. The fraction of sp³-hybridized carbons (Fsp3) is 0.273. The lowest BCUT2D eigenvalue weighted by Crippen LogP contribution is -2.42. The molecule has 0 aliphatic carbocycles. The van der Waals surface area contributed by atoms with Crippen LogP contribution in [0, 0.1) is 0 Å². The predicted molar refractivity (Wildman–Crippen MR) is 61.8 cm³/mol. The van der Waals surface area contributed by atoms with E-state index in [0.29, 0.717) is 5.82 Å². The summed E-state index contributed by atoms with van der Waals surface area (Å²) in [5.41, 5.74) is 0. The molecule has 1 amide bonds. The Labute approximate surface area is 104 Å². The molecule has 0 radical (unpaired) electrons. The highest BCUT2D eigenvalue weighted by molar-refractivity contribution is 5.80. The minimum Gasteiger partial charge on any atom is -0.480 e. The number of carbonyl (C=O) groups is 2. The first-order valence-electron chi connectivity index (χ1n) is 5.16. The zero-order chi connectivity index (χ0) is 13.4. The maximum absolute atomic E-state index is 11.2. The maximum Gasteiger partial charge on any atom is 0.408 e. The number of hydrogen-bond acceptors (Lipinski definition) is 5. The molecule has 0 aliphatic rings. The van der Waals surface area contributed by atoms with Gasteiger partial charge in [-0.25, -0.2) is 19.6 Å². The van der Waals surface area contributed by atoms with Crippen molar-refractivity contribution in [3.05, 3.63) is 36.9 Å². The number of alkyl carbamates (subject to hydrolysis) is 1. The van der Waals surface area contributed by atoms with E-state index < -0.39 is 18.1 Å². The van der Waals surface area contributed by atoms with Gasteiger partial charge in [0.1, 0.15) is 18.5 Å². The van der Waals surface area contributed by atoms with Crippen molar-refractivity contribution in [2.75, 3.05) is 6.61 Å². The Hall–Kier alpha value is -2.44. The average molecular weight is 251 g/mol. The van der Waals surface area contributed by atoms with Crippen LogP contribution < -0.4 is 5.32 Å². The summed E-state index contributed by atoms with van der Waals surface area (Å²) < 4.78 is 4.64. The van der Waals surface area contributed by atoms with Gasteiger partial charge in [-0.1, -0.05) is 12.7 Å². The van der Waals surface area contributed by atoms with Crippen LogP contribution in [0.2, 0.25) is 0 Å². The molecule has 1 rings (SSSR count). The third-order valence-corrected chi connectivity index (χ3v) is 1.93. The van der Waals surface area contributed by atoms with E-state index in [1.54, 1.807) is 6.07 Å². The summed E-state index contributed by atoms with van der Waals surface area (Å²) in [6.45, 7) is 3.39. The van der Waals surface area contributed by atoms with Crippen molar-refractivity contribution in [2.24, 2.45) is 0 Å². The Balaban J connectivity index is 2.58. The monoisotopic (exact) mass is 251 g/mol. The third-order valence-electron chi connectivity index (χ3n) is 1.93. The van der Waals surface area contributed by atoms with Gasteiger partial charge in [0.15, 0.2) is 0 Å². The zero-order valence-electron chi connectivity index (χ0n) is 9.57. The smallest absolute Gasteiger partial charge is 0.408 e. The molecule has 1 heterocycles. The Kier molecular flexibility index (Phi) is 5.30. The van der Waals surface area contributed by atoms with Crippen LogP contribution in [0.4, 0.5) is 4.79 Å². The topological polar surface area (TPSA) is 101 Å². The van der Waals surface area contributed by atoms with Crippen LogP contribution in [0.15, 0.2) is 31.1 Å². The van der Waals surface area contributed by atoms with Gasteiger partial charge in [0.05, 0.1) is 0 Å². The van der Waals surface area contributed by atoms with Crippen LogP contribution in [0.3, 0.4) is 0 Å². The molecule has 2 N–H and O–H groups in total. The van der Waals surface area contributed by atoms with Crippen molar-refractivity contribution in [2.45, 2.75) is 12.5 Å². The Bertz CT molecular complexity index is 422. The predicted octanol–water partition coefficient (Wildman–Crippen LogP) is 0.384. The van der Waals surface area contributed by atoms with Crippen LogP contribution >= 0.6 is 0 Å². The van der Waals surface area contributed by atoms with Crippen LogP contribution in [-0.2, 0) is 16.0 Å². The highest BCUT2D eigenvalue weighted by Gasteiger charge is 2.22. The molecule has 1 atom stereocenters. The molecular weight excluding hydrogens is 238 g/mol. The lowest BCUT2D eigenvalue weighted by molar-refractivity contribution is -0.139. The number of carboxylic acid groups (broad SMARTS) is 1. The van der Waals surface area contributed by atoms with Crippen LogP contribution in [0.5, 0.6) is 0 Å². The molecule has 7 heteroatoms. The minimum atomic E-state index is -1.18. The summed E-state index contributed by atoms with van der Waals surface area (Å²) in [5.74, 6) is -0.855. The molecule has 0 bridgehead atoms. The molecule has 96 valence electrons. The average Bonchev–Trinajstić information content (AvgIpc) is 2.36. The molecule has 0 aromatic carbocycles. The van der Waals surface area contributed by atoms with E-state index in [2.05, 4.69) is 26.6 Å². The number of nitrogens with zero attached hydrogens (tertiary/aromatic N) is 2. The molecule has 1 aromatic heterocycles. The largest absolute Gasteiger partial charge is 0.480 e. The van der Waals surface area contributed by atoms with E-state index in [0.717, 1.165) is 0 Å². The number of aromatic nitrogens is 2. The van der Waals surface area contributed by atoms with E-state index in [4.69, 9.17) is 5.11 Å². The third kappa shape index (κ3) is 4.60. The molecule has 18 heavy (non-hydrogen) atoms. The van der Waals surface area contributed by atoms with Crippen LogP contribution in [0.1, 0.15) is 5.82 Å². The second-order valence-electron chi connectivity index (χ2n) is 3.29. The summed E-state index contributed by atoms with van der Waals surface area (Å²) in [7, 11) is 0. The van der Waals surface area contributed by atoms with E-state index in [9.17, 15) is 9.59 Å². The Morgan fingerprint density at radius 1 is 1.50 bits per heavy atom. The molecular formula is C11H13N3O4. The van der Waals surface area contributed by atoms with Gasteiger partial charge in [-0.15, -0.1) is 0 Å². The van der Waals surface area contributed by atoms with Gasteiger partial charge in [-0.2, -0.15) is 0 Å². The standard InChI is InChI=1S/C11H13N3O4/c1-2-6-18-11(17)14-8(10(15)16)7-9-12-4-3-5-13-9/h2-5,8H,1,6-7H2,(H,14,17)(H,15,16)/t8-/m0/s1.